The van der Waals surface area contributed by atoms with E-state index in [0.717, 1.165) is 16.7 Å². The van der Waals surface area contributed by atoms with Crippen molar-refractivity contribution in [2.75, 3.05) is 0 Å². The van der Waals surface area contributed by atoms with E-state index in [9.17, 15) is 9.59 Å². The lowest BCUT2D eigenvalue weighted by Gasteiger charge is -2.14. The SMILES string of the molecule is Cc1ccc(-c2ccc(COC(=O)C(C)NC(=O)C(C)[NH3+])cc2)cc1. The summed E-state index contributed by atoms with van der Waals surface area (Å²) in [6.45, 7) is 5.50. The van der Waals surface area contributed by atoms with Crippen LogP contribution in [0, 0.1) is 6.92 Å². The number of ether oxygens (including phenoxy) is 1. The minimum absolute atomic E-state index is 0.174. The van der Waals surface area contributed by atoms with Gasteiger partial charge in [-0.3, -0.25) is 4.79 Å². The fraction of sp³-hybridized carbons (Fsp3) is 0.300. The number of hydrogen-bond acceptors (Lipinski definition) is 3. The molecule has 132 valence electrons. The Labute approximate surface area is 148 Å². The van der Waals surface area contributed by atoms with Gasteiger partial charge in [-0.05, 0) is 37.5 Å². The standard InChI is InChI=1S/C20H24N2O3/c1-13-4-8-17(9-5-13)18-10-6-16(7-11-18)12-25-20(24)15(3)22-19(23)14(2)21/h4-11,14-15H,12,21H2,1-3H3,(H,22,23)/p+1. The molecule has 0 bridgehead atoms. The molecule has 2 rings (SSSR count). The van der Waals surface area contributed by atoms with Gasteiger partial charge >= 0.3 is 5.97 Å². The van der Waals surface area contributed by atoms with E-state index in [1.54, 1.807) is 13.8 Å². The van der Waals surface area contributed by atoms with Gasteiger partial charge in [-0.2, -0.15) is 0 Å². The van der Waals surface area contributed by atoms with E-state index in [-0.39, 0.29) is 12.5 Å². The van der Waals surface area contributed by atoms with Crippen molar-refractivity contribution in [3.8, 4) is 11.1 Å². The average molecular weight is 341 g/mol. The largest absolute Gasteiger partial charge is 0.459 e. The molecule has 2 atom stereocenters. The number of benzene rings is 2. The van der Waals surface area contributed by atoms with Crippen LogP contribution in [0.4, 0.5) is 0 Å². The Bertz CT molecular complexity index is 722. The first-order valence-electron chi connectivity index (χ1n) is 8.33. The number of carbonyl (C=O) groups excluding carboxylic acids is 2. The van der Waals surface area contributed by atoms with E-state index in [4.69, 9.17) is 4.74 Å². The van der Waals surface area contributed by atoms with Crippen LogP contribution in [0.1, 0.15) is 25.0 Å². The average Bonchev–Trinajstić information content (AvgIpc) is 2.60. The maximum atomic E-state index is 11.9. The maximum Gasteiger partial charge on any atom is 0.328 e. The fourth-order valence-electron chi connectivity index (χ4n) is 2.23. The van der Waals surface area contributed by atoms with E-state index < -0.39 is 18.1 Å². The summed E-state index contributed by atoms with van der Waals surface area (Å²) in [4.78, 5) is 23.5. The lowest BCUT2D eigenvalue weighted by molar-refractivity contribution is -0.398. The zero-order valence-electron chi connectivity index (χ0n) is 14.9. The minimum atomic E-state index is -0.691. The molecule has 0 aliphatic carbocycles. The summed E-state index contributed by atoms with van der Waals surface area (Å²) in [5.41, 5.74) is 8.00. The fourth-order valence-corrected chi connectivity index (χ4v) is 2.23. The van der Waals surface area contributed by atoms with Crippen molar-refractivity contribution in [1.82, 2.24) is 5.32 Å². The molecule has 0 aromatic heterocycles. The summed E-state index contributed by atoms with van der Waals surface area (Å²) < 4.78 is 5.26. The van der Waals surface area contributed by atoms with Gasteiger partial charge in [0.15, 0.2) is 6.04 Å². The molecule has 0 radical (unpaired) electrons. The molecule has 2 aromatic rings. The van der Waals surface area contributed by atoms with Crippen LogP contribution in [0.25, 0.3) is 11.1 Å². The van der Waals surface area contributed by atoms with Crippen LogP contribution < -0.4 is 11.1 Å². The van der Waals surface area contributed by atoms with Crippen molar-refractivity contribution in [1.29, 1.82) is 0 Å². The summed E-state index contributed by atoms with van der Waals surface area (Å²) in [5, 5.41) is 2.57. The van der Waals surface area contributed by atoms with Crippen LogP contribution in [-0.2, 0) is 20.9 Å². The number of nitrogens with one attached hydrogen (secondary N) is 1. The first kappa shape index (κ1) is 18.7. The topological polar surface area (TPSA) is 83.0 Å². The van der Waals surface area contributed by atoms with Crippen molar-refractivity contribution in [2.45, 2.75) is 39.5 Å². The summed E-state index contributed by atoms with van der Waals surface area (Å²) in [6.07, 6.45) is 0. The number of rotatable bonds is 6. The van der Waals surface area contributed by atoms with Crippen LogP contribution in [0.5, 0.6) is 0 Å². The maximum absolute atomic E-state index is 11.9. The molecule has 0 fully saturated rings. The second-order valence-corrected chi connectivity index (χ2v) is 6.30. The number of carbonyl (C=O) groups is 2. The Balaban J connectivity index is 1.90. The highest BCUT2D eigenvalue weighted by atomic mass is 16.5. The lowest BCUT2D eigenvalue weighted by Crippen LogP contribution is -2.66. The molecule has 0 heterocycles. The second-order valence-electron chi connectivity index (χ2n) is 6.30. The Hall–Kier alpha value is -2.66. The van der Waals surface area contributed by atoms with Crippen molar-refractivity contribution in [3.63, 3.8) is 0 Å². The van der Waals surface area contributed by atoms with Gasteiger partial charge in [0.1, 0.15) is 12.6 Å². The molecule has 1 amide bonds. The first-order chi connectivity index (χ1) is 11.9. The van der Waals surface area contributed by atoms with Crippen LogP contribution in [-0.4, -0.2) is 24.0 Å². The number of amides is 1. The number of aryl methyl sites for hydroxylation is 1. The molecule has 5 heteroatoms. The van der Waals surface area contributed by atoms with Gasteiger partial charge in [0, 0.05) is 0 Å². The molecule has 5 nitrogen and oxygen atoms in total. The number of hydrogen-bond donors (Lipinski definition) is 2. The van der Waals surface area contributed by atoms with E-state index in [1.807, 2.05) is 24.3 Å². The third kappa shape index (κ3) is 5.43. The summed E-state index contributed by atoms with van der Waals surface area (Å²) in [7, 11) is 0. The monoisotopic (exact) mass is 341 g/mol. The Morgan fingerprint density at radius 3 is 2.04 bits per heavy atom. The van der Waals surface area contributed by atoms with Crippen molar-refractivity contribution >= 4 is 11.9 Å². The zero-order valence-corrected chi connectivity index (χ0v) is 14.9. The quantitative estimate of drug-likeness (QED) is 0.787. The first-order valence-corrected chi connectivity index (χ1v) is 8.33. The van der Waals surface area contributed by atoms with Crippen molar-refractivity contribution < 1.29 is 20.1 Å². The molecule has 2 unspecified atom stereocenters. The predicted octanol–water partition coefficient (Wildman–Crippen LogP) is 1.84. The van der Waals surface area contributed by atoms with Crippen LogP contribution in [0.2, 0.25) is 0 Å². The second kappa shape index (κ2) is 8.44. The molecule has 0 saturated carbocycles. The highest BCUT2D eigenvalue weighted by molar-refractivity contribution is 5.86. The molecular weight excluding hydrogens is 316 g/mol. The molecule has 4 N–H and O–H groups in total. The Morgan fingerprint density at radius 1 is 1.00 bits per heavy atom. The Kier molecular flexibility index (Phi) is 6.31. The molecule has 0 spiro atoms. The van der Waals surface area contributed by atoms with Crippen LogP contribution in [0.15, 0.2) is 48.5 Å². The minimum Gasteiger partial charge on any atom is -0.459 e. The van der Waals surface area contributed by atoms with Gasteiger partial charge < -0.3 is 15.8 Å². The van der Waals surface area contributed by atoms with Gasteiger partial charge in [0.05, 0.1) is 0 Å². The van der Waals surface area contributed by atoms with E-state index in [2.05, 4.69) is 42.2 Å². The van der Waals surface area contributed by atoms with Crippen molar-refractivity contribution in [3.05, 3.63) is 59.7 Å². The van der Waals surface area contributed by atoms with Crippen LogP contribution >= 0.6 is 0 Å². The Morgan fingerprint density at radius 2 is 1.52 bits per heavy atom. The summed E-state index contributed by atoms with van der Waals surface area (Å²) >= 11 is 0. The molecule has 0 aliphatic heterocycles. The third-order valence-corrected chi connectivity index (χ3v) is 3.88. The number of quaternary nitrogens is 1. The predicted molar refractivity (Wildman–Crippen MR) is 96.4 cm³/mol. The van der Waals surface area contributed by atoms with Gasteiger partial charge in [0.25, 0.3) is 5.91 Å². The highest BCUT2D eigenvalue weighted by Gasteiger charge is 2.20. The molecular formula is C20H25N2O3+. The molecule has 25 heavy (non-hydrogen) atoms. The smallest absolute Gasteiger partial charge is 0.328 e. The lowest BCUT2D eigenvalue weighted by atomic mass is 10.0. The van der Waals surface area contributed by atoms with E-state index >= 15 is 0 Å². The molecule has 0 saturated heterocycles. The van der Waals surface area contributed by atoms with Gasteiger partial charge in [0.2, 0.25) is 0 Å². The van der Waals surface area contributed by atoms with E-state index in [0.29, 0.717) is 0 Å². The third-order valence-electron chi connectivity index (χ3n) is 3.88. The highest BCUT2D eigenvalue weighted by Crippen LogP contribution is 2.20. The molecule has 0 aliphatic rings. The van der Waals surface area contributed by atoms with Crippen LogP contribution in [0.3, 0.4) is 0 Å². The van der Waals surface area contributed by atoms with Crippen molar-refractivity contribution in [2.24, 2.45) is 0 Å². The van der Waals surface area contributed by atoms with Gasteiger partial charge in [-0.15, -0.1) is 0 Å². The van der Waals surface area contributed by atoms with Gasteiger partial charge in [-0.25, -0.2) is 4.79 Å². The molecule has 2 aromatic carbocycles. The normalized spacial score (nSPS) is 13.0. The zero-order chi connectivity index (χ0) is 18.4. The summed E-state index contributed by atoms with van der Waals surface area (Å²) in [5.74, 6) is -0.733. The number of esters is 1. The van der Waals surface area contributed by atoms with Gasteiger partial charge in [-0.1, -0.05) is 54.1 Å². The van der Waals surface area contributed by atoms with E-state index in [1.165, 1.54) is 5.56 Å². The summed E-state index contributed by atoms with van der Waals surface area (Å²) in [6, 6.07) is 15.1.